The molecule has 2 aromatic rings. The van der Waals surface area contributed by atoms with Crippen LogP contribution < -0.4 is 4.74 Å². The predicted octanol–water partition coefficient (Wildman–Crippen LogP) is 3.86. The van der Waals surface area contributed by atoms with Gasteiger partial charge in [-0.1, -0.05) is 12.1 Å². The summed E-state index contributed by atoms with van der Waals surface area (Å²) in [4.78, 5) is 0. The molecule has 0 amide bonds. The third kappa shape index (κ3) is 2.41. The Balaban J connectivity index is 1.94. The lowest BCUT2D eigenvalue weighted by molar-refractivity contribution is 0.105. The van der Waals surface area contributed by atoms with Gasteiger partial charge in [-0.3, -0.25) is 0 Å². The van der Waals surface area contributed by atoms with Crippen molar-refractivity contribution in [1.29, 1.82) is 10.5 Å². The second kappa shape index (κ2) is 5.89. The highest BCUT2D eigenvalue weighted by atomic mass is 16.5. The summed E-state index contributed by atoms with van der Waals surface area (Å²) in [5, 5.41) is 18.0. The fourth-order valence-corrected chi connectivity index (χ4v) is 2.83. The number of rotatable bonds is 3. The van der Waals surface area contributed by atoms with Crippen molar-refractivity contribution in [3.05, 3.63) is 58.7 Å². The Morgan fingerprint density at radius 2 is 1.91 bits per heavy atom. The number of hydrogen-bond donors (Lipinski definition) is 0. The van der Waals surface area contributed by atoms with Gasteiger partial charge in [0.2, 0.25) is 0 Å². The van der Waals surface area contributed by atoms with E-state index < -0.39 is 0 Å². The molecule has 22 heavy (non-hydrogen) atoms. The van der Waals surface area contributed by atoms with Crippen LogP contribution in [0.25, 0.3) is 0 Å². The van der Waals surface area contributed by atoms with E-state index in [1.54, 1.807) is 25.3 Å². The molecule has 0 fully saturated rings. The number of benzene rings is 2. The van der Waals surface area contributed by atoms with Crippen LogP contribution in [0.4, 0.5) is 0 Å². The summed E-state index contributed by atoms with van der Waals surface area (Å²) in [5.41, 5.74) is 2.99. The van der Waals surface area contributed by atoms with E-state index in [1.165, 1.54) is 0 Å². The molecule has 0 unspecified atom stereocenters. The van der Waals surface area contributed by atoms with Crippen LogP contribution in [0, 0.1) is 22.7 Å². The molecule has 0 spiro atoms. The Bertz CT molecular complexity index is 800. The van der Waals surface area contributed by atoms with Gasteiger partial charge in [-0.15, -0.1) is 0 Å². The van der Waals surface area contributed by atoms with Crippen molar-refractivity contribution >= 4 is 0 Å². The number of hydrogen-bond acceptors (Lipinski definition) is 4. The van der Waals surface area contributed by atoms with E-state index in [1.807, 2.05) is 24.3 Å². The lowest BCUT2D eigenvalue weighted by Crippen LogP contribution is -1.96. The van der Waals surface area contributed by atoms with Gasteiger partial charge in [0.25, 0.3) is 0 Å². The van der Waals surface area contributed by atoms with Gasteiger partial charge in [0.1, 0.15) is 23.6 Å². The number of nitriles is 2. The fraction of sp³-hybridized carbons (Fsp3) is 0.222. The Kier molecular flexibility index (Phi) is 3.78. The average molecular weight is 290 g/mol. The minimum absolute atomic E-state index is 0.120. The van der Waals surface area contributed by atoms with Crippen LogP contribution in [0.15, 0.2) is 36.4 Å². The normalized spacial score (nSPS) is 15.7. The van der Waals surface area contributed by atoms with Crippen molar-refractivity contribution in [2.75, 3.05) is 7.11 Å². The monoisotopic (exact) mass is 290 g/mol. The summed E-state index contributed by atoms with van der Waals surface area (Å²) in [5.74, 6) is 1.34. The zero-order valence-electron chi connectivity index (χ0n) is 12.2. The molecular formula is C18H14N2O2. The number of nitrogens with zero attached hydrogens (tertiary/aromatic N) is 2. The maximum atomic E-state index is 9.09. The summed E-state index contributed by atoms with van der Waals surface area (Å²) in [6.07, 6.45) is 1.98. The molecule has 0 N–H and O–H groups in total. The summed E-state index contributed by atoms with van der Waals surface area (Å²) < 4.78 is 11.4. The maximum Gasteiger partial charge on any atom is 0.130 e. The SMILES string of the molecule is CO[C@@H]1CCc2c(Oc3ccc(C#N)c(C#N)c3)cccc21. The molecule has 0 saturated carbocycles. The molecule has 4 nitrogen and oxygen atoms in total. The van der Waals surface area contributed by atoms with Gasteiger partial charge in [0.15, 0.2) is 0 Å². The molecule has 0 aliphatic heterocycles. The van der Waals surface area contributed by atoms with E-state index >= 15 is 0 Å². The smallest absolute Gasteiger partial charge is 0.130 e. The standard InChI is InChI=1S/C18H14N2O2/c1-21-17-8-7-16-15(17)3-2-4-18(16)22-14-6-5-12(10-19)13(9-14)11-20/h2-6,9,17H,7-8H2,1H3/t17-/m1/s1. The summed E-state index contributed by atoms with van der Waals surface area (Å²) in [6, 6.07) is 14.9. The molecule has 1 aliphatic rings. The molecule has 2 aromatic carbocycles. The van der Waals surface area contributed by atoms with Crippen LogP contribution in [0.1, 0.15) is 34.8 Å². The molecular weight excluding hydrogens is 276 g/mol. The van der Waals surface area contributed by atoms with Gasteiger partial charge < -0.3 is 9.47 Å². The molecule has 0 saturated heterocycles. The van der Waals surface area contributed by atoms with E-state index in [4.69, 9.17) is 20.0 Å². The summed E-state index contributed by atoms with van der Waals surface area (Å²) in [6.45, 7) is 0. The van der Waals surface area contributed by atoms with Crippen molar-refractivity contribution < 1.29 is 9.47 Å². The van der Waals surface area contributed by atoms with Gasteiger partial charge >= 0.3 is 0 Å². The molecule has 0 heterocycles. The van der Waals surface area contributed by atoms with Crippen molar-refractivity contribution in [1.82, 2.24) is 0 Å². The zero-order chi connectivity index (χ0) is 15.5. The molecule has 1 aliphatic carbocycles. The highest BCUT2D eigenvalue weighted by Crippen LogP contribution is 2.40. The Hall–Kier alpha value is -2.82. The number of fused-ring (bicyclic) bond motifs is 1. The highest BCUT2D eigenvalue weighted by molar-refractivity contribution is 5.51. The topological polar surface area (TPSA) is 66.0 Å². The third-order valence-corrected chi connectivity index (χ3v) is 3.92. The first-order chi connectivity index (χ1) is 10.8. The Labute approximate surface area is 129 Å². The molecule has 0 bridgehead atoms. The van der Waals surface area contributed by atoms with E-state index in [0.29, 0.717) is 16.9 Å². The first kappa shape index (κ1) is 14.1. The van der Waals surface area contributed by atoms with Crippen molar-refractivity contribution in [3.8, 4) is 23.6 Å². The van der Waals surface area contributed by atoms with Gasteiger partial charge in [0.05, 0.1) is 17.2 Å². The number of methoxy groups -OCH3 is 1. The minimum atomic E-state index is 0.120. The first-order valence-electron chi connectivity index (χ1n) is 7.03. The van der Waals surface area contributed by atoms with E-state index in [9.17, 15) is 0 Å². The molecule has 1 atom stereocenters. The molecule has 0 radical (unpaired) electrons. The van der Waals surface area contributed by atoms with Gasteiger partial charge in [-0.25, -0.2) is 0 Å². The number of ether oxygens (including phenoxy) is 2. The van der Waals surface area contributed by atoms with Crippen LogP contribution in [0.5, 0.6) is 11.5 Å². The molecule has 4 heteroatoms. The van der Waals surface area contributed by atoms with Crippen LogP contribution >= 0.6 is 0 Å². The second-order valence-electron chi connectivity index (χ2n) is 5.12. The van der Waals surface area contributed by atoms with Gasteiger partial charge in [-0.2, -0.15) is 10.5 Å². The van der Waals surface area contributed by atoms with Crippen LogP contribution in [-0.4, -0.2) is 7.11 Å². The van der Waals surface area contributed by atoms with E-state index in [2.05, 4.69) is 6.07 Å². The van der Waals surface area contributed by atoms with E-state index in [0.717, 1.165) is 29.7 Å². The lowest BCUT2D eigenvalue weighted by atomic mass is 10.1. The Morgan fingerprint density at radius 3 is 2.64 bits per heavy atom. The van der Waals surface area contributed by atoms with Crippen LogP contribution in [0.2, 0.25) is 0 Å². The maximum absolute atomic E-state index is 9.09. The second-order valence-corrected chi connectivity index (χ2v) is 5.12. The zero-order valence-corrected chi connectivity index (χ0v) is 12.2. The molecule has 108 valence electrons. The van der Waals surface area contributed by atoms with E-state index in [-0.39, 0.29) is 6.10 Å². The van der Waals surface area contributed by atoms with Gasteiger partial charge in [0, 0.05) is 12.7 Å². The Morgan fingerprint density at radius 1 is 1.09 bits per heavy atom. The highest BCUT2D eigenvalue weighted by Gasteiger charge is 2.25. The third-order valence-electron chi connectivity index (χ3n) is 3.92. The predicted molar refractivity (Wildman–Crippen MR) is 80.5 cm³/mol. The van der Waals surface area contributed by atoms with Crippen LogP contribution in [-0.2, 0) is 11.2 Å². The largest absolute Gasteiger partial charge is 0.457 e. The summed E-state index contributed by atoms with van der Waals surface area (Å²) >= 11 is 0. The molecule has 0 aromatic heterocycles. The fourth-order valence-electron chi connectivity index (χ4n) is 2.83. The van der Waals surface area contributed by atoms with Gasteiger partial charge in [-0.05, 0) is 42.7 Å². The molecule has 3 rings (SSSR count). The van der Waals surface area contributed by atoms with Crippen LogP contribution in [0.3, 0.4) is 0 Å². The average Bonchev–Trinajstić information content (AvgIpc) is 2.99. The van der Waals surface area contributed by atoms with Crippen molar-refractivity contribution in [2.45, 2.75) is 18.9 Å². The van der Waals surface area contributed by atoms with Crippen molar-refractivity contribution in [3.63, 3.8) is 0 Å². The lowest BCUT2D eigenvalue weighted by Gasteiger charge is -2.12. The first-order valence-corrected chi connectivity index (χ1v) is 7.03. The summed E-state index contributed by atoms with van der Waals surface area (Å²) in [7, 11) is 1.72. The van der Waals surface area contributed by atoms with Crippen molar-refractivity contribution in [2.24, 2.45) is 0 Å². The quantitative estimate of drug-likeness (QED) is 0.861. The minimum Gasteiger partial charge on any atom is -0.457 e.